The molecule has 3 saturated heterocycles. The van der Waals surface area contributed by atoms with E-state index in [2.05, 4.69) is 167 Å². The molecule has 21 nitrogen and oxygen atoms in total. The fourth-order valence-electron chi connectivity index (χ4n) is 15.6. The second-order valence-electron chi connectivity index (χ2n) is 28.0. The number of nitrogens with two attached hydrogens (primary N) is 1. The first-order valence-electron chi connectivity index (χ1n) is 38.8. The van der Waals surface area contributed by atoms with E-state index in [1.165, 1.54) is 13.8 Å². The van der Waals surface area contributed by atoms with Crippen LogP contribution < -0.4 is 27.0 Å². The van der Waals surface area contributed by atoms with Gasteiger partial charge in [0.15, 0.2) is 76.5 Å². The molecule has 15 atom stereocenters. The van der Waals surface area contributed by atoms with Crippen molar-refractivity contribution in [3.8, 4) is 0 Å². The zero-order chi connectivity index (χ0) is 73.3. The Balaban J connectivity index is 2.54. The van der Waals surface area contributed by atoms with Crippen LogP contribution in [0.25, 0.3) is 0 Å². The fraction of sp³-hybridized carbons (Fsp3) is 0.928. The van der Waals surface area contributed by atoms with Gasteiger partial charge in [-0.2, -0.15) is 0 Å². The Kier molecular flexibility index (Phi) is 38.6. The lowest BCUT2D eigenvalue weighted by Gasteiger charge is -2.53. The van der Waals surface area contributed by atoms with Gasteiger partial charge in [-0.1, -0.05) is 145 Å². The highest BCUT2D eigenvalue weighted by Gasteiger charge is 2.60. The van der Waals surface area contributed by atoms with Crippen molar-refractivity contribution in [2.45, 2.75) is 385 Å². The maximum absolute atomic E-state index is 16.4. The van der Waals surface area contributed by atoms with Gasteiger partial charge >= 0.3 is 5.97 Å². The van der Waals surface area contributed by atoms with Crippen LogP contribution in [0.4, 0.5) is 0 Å². The van der Waals surface area contributed by atoms with Crippen LogP contribution in [-0.4, -0.2) is 205 Å². The van der Waals surface area contributed by atoms with Crippen LogP contribution in [0, 0.1) is 0 Å². The molecule has 0 radical (unpaired) electrons. The van der Waals surface area contributed by atoms with Crippen molar-refractivity contribution in [1.29, 1.82) is 0 Å². The number of nitrogens with one attached hydrogen (secondary N) is 4. The molecule has 3 aliphatic heterocycles. The molecule has 568 valence electrons. The molecule has 6 N–H and O–H groups in total. The molecule has 4 unspecified atom stereocenters. The molecule has 0 aromatic heterocycles. The number of ether oxygens (including phenoxy) is 4. The molecule has 4 amide bonds. The van der Waals surface area contributed by atoms with Crippen molar-refractivity contribution in [1.82, 2.24) is 21.3 Å². The Morgan fingerprint density at radius 3 is 0.845 bits per heavy atom. The van der Waals surface area contributed by atoms with Crippen LogP contribution in [0.5, 0.6) is 0 Å². The van der Waals surface area contributed by atoms with Gasteiger partial charge in [0.2, 0.25) is 11.8 Å². The minimum Gasteiger partial charge on any atom is -0.464 e. The molecular formula is C69H143N5O16Si7. The largest absolute Gasteiger partial charge is 0.464 e. The topological polar surface area (TPSA) is 261 Å². The van der Waals surface area contributed by atoms with Gasteiger partial charge in [-0.15, -0.1) is 0 Å². The fourth-order valence-corrected chi connectivity index (χ4v) is 35.5. The Bertz CT molecular complexity index is 2290. The molecule has 3 fully saturated rings. The number of carbonyl (C=O) groups excluding carboxylic acids is 5. The van der Waals surface area contributed by atoms with Gasteiger partial charge in [0.1, 0.15) is 36.6 Å². The van der Waals surface area contributed by atoms with E-state index in [1.807, 2.05) is 0 Å². The van der Waals surface area contributed by atoms with Gasteiger partial charge < -0.3 is 76.9 Å². The van der Waals surface area contributed by atoms with E-state index in [1.54, 1.807) is 6.92 Å². The normalized spacial score (nSPS) is 27.1. The Morgan fingerprint density at radius 2 is 0.557 bits per heavy atom. The zero-order valence-electron chi connectivity index (χ0n) is 65.4. The molecule has 0 aliphatic carbocycles. The molecule has 28 heteroatoms. The van der Waals surface area contributed by atoms with Gasteiger partial charge in [-0.25, -0.2) is 4.79 Å². The Hall–Kier alpha value is -1.57. The van der Waals surface area contributed by atoms with E-state index < -0.39 is 167 Å². The molecule has 3 aliphatic rings. The summed E-state index contributed by atoms with van der Waals surface area (Å²) in [6.45, 7) is 50.0. The number of amides is 4. The van der Waals surface area contributed by atoms with E-state index in [0.29, 0.717) is 0 Å². The molecule has 3 heterocycles. The second kappa shape index (κ2) is 41.8. The van der Waals surface area contributed by atoms with E-state index in [4.69, 9.17) is 55.7 Å². The average molecular weight is 1500 g/mol. The van der Waals surface area contributed by atoms with Crippen LogP contribution in [0.3, 0.4) is 0 Å². The third-order valence-electron chi connectivity index (χ3n) is 24.2. The lowest BCUT2D eigenvalue weighted by atomic mass is 9.91. The standard InChI is InChI=1S/C69H143N5O16Si7/c1-25-80-69(79)63-56(74-51(24)76)61(88-95(38-14,39-15)40-16)58(85-92(29-5,30-6)31-7)53(82-63)48-72-68(78)66-65(90-97(44-20,45-21)46-22)64(89-96(41-17,42-18)43-19)59(86-93(32-8,33-9)34-10)54(83-66)49-71-67(77)62-55(73-50(23)75)60(87-94(35-11,36-12)37-13)57(52(47-70)81-62)84-91(26-2,27-3)28-4/h52-66H,25-49,70H2,1-24H3,(H,71,77)(H,72,78)(H,73,75)(H,74,76)/t52-,53-,54-,55?,56?,57-,58-,59-,60-,61-,62?,63?,64+,65-,66-/m1/s1. The molecular weight excluding hydrogens is 1350 g/mol. The molecule has 0 saturated carbocycles. The summed E-state index contributed by atoms with van der Waals surface area (Å²) in [7, 11) is -18.0. The third kappa shape index (κ3) is 22.0. The van der Waals surface area contributed by atoms with Crippen molar-refractivity contribution >= 4 is 87.8 Å². The predicted octanol–water partition coefficient (Wildman–Crippen LogP) is 12.8. The minimum atomic E-state index is -2.68. The second-order valence-corrected chi connectivity index (χ2v) is 61.1. The van der Waals surface area contributed by atoms with Crippen LogP contribution >= 0.6 is 0 Å². The van der Waals surface area contributed by atoms with Crippen LogP contribution in [0.15, 0.2) is 0 Å². The lowest BCUT2D eigenvalue weighted by molar-refractivity contribution is -0.210. The smallest absolute Gasteiger partial charge is 0.337 e. The maximum atomic E-state index is 16.4. The van der Waals surface area contributed by atoms with Crippen LogP contribution in [0.1, 0.15) is 166 Å². The highest BCUT2D eigenvalue weighted by Crippen LogP contribution is 2.42. The molecule has 0 aromatic carbocycles. The van der Waals surface area contributed by atoms with Crippen molar-refractivity contribution in [3.05, 3.63) is 0 Å². The highest BCUT2D eigenvalue weighted by molar-refractivity contribution is 6.76. The van der Waals surface area contributed by atoms with E-state index in [0.717, 1.165) is 127 Å². The number of rotatable bonds is 46. The van der Waals surface area contributed by atoms with Gasteiger partial charge in [0.05, 0.1) is 43.1 Å². The van der Waals surface area contributed by atoms with Crippen LogP contribution in [0.2, 0.25) is 127 Å². The monoisotopic (exact) mass is 1490 g/mol. The van der Waals surface area contributed by atoms with Gasteiger partial charge in [0, 0.05) is 33.5 Å². The quantitative estimate of drug-likeness (QED) is 0.0280. The number of hydrogen-bond donors (Lipinski definition) is 5. The maximum Gasteiger partial charge on any atom is 0.337 e. The van der Waals surface area contributed by atoms with Gasteiger partial charge in [-0.05, 0) is 134 Å². The first-order chi connectivity index (χ1) is 46.1. The highest BCUT2D eigenvalue weighted by atomic mass is 28.4. The summed E-state index contributed by atoms with van der Waals surface area (Å²) in [6, 6.07) is 14.9. The first-order valence-corrected chi connectivity index (χ1v) is 56.5. The van der Waals surface area contributed by atoms with E-state index in [9.17, 15) is 14.4 Å². The predicted molar refractivity (Wildman–Crippen MR) is 407 cm³/mol. The summed E-state index contributed by atoms with van der Waals surface area (Å²) in [5.41, 5.74) is 6.74. The third-order valence-corrected chi connectivity index (χ3v) is 56.7. The number of esters is 1. The zero-order valence-corrected chi connectivity index (χ0v) is 72.4. The lowest BCUT2D eigenvalue weighted by Crippen LogP contribution is -2.72. The number of hydrogen-bond acceptors (Lipinski definition) is 17. The first kappa shape index (κ1) is 89.6. The number of carbonyl (C=O) groups is 5. The Morgan fingerprint density at radius 1 is 0.320 bits per heavy atom. The summed E-state index contributed by atoms with van der Waals surface area (Å²) in [6.07, 6.45) is -12.4. The summed E-state index contributed by atoms with van der Waals surface area (Å²) in [5, 5.41) is 12.9. The minimum absolute atomic E-state index is 0.0391. The summed E-state index contributed by atoms with van der Waals surface area (Å²) < 4.78 is 80.7. The Labute approximate surface area is 596 Å². The summed E-state index contributed by atoms with van der Waals surface area (Å²) in [4.78, 5) is 73.7. The molecule has 0 spiro atoms. The molecule has 97 heavy (non-hydrogen) atoms. The van der Waals surface area contributed by atoms with Crippen molar-refractivity contribution in [2.75, 3.05) is 26.2 Å². The molecule has 3 rings (SSSR count). The van der Waals surface area contributed by atoms with E-state index >= 15 is 9.59 Å². The van der Waals surface area contributed by atoms with Crippen molar-refractivity contribution in [2.24, 2.45) is 5.73 Å². The molecule has 0 bridgehead atoms. The average Bonchev–Trinajstić information content (AvgIpc) is 0.437. The van der Waals surface area contributed by atoms with Gasteiger partial charge in [0.25, 0.3) is 11.8 Å². The van der Waals surface area contributed by atoms with Gasteiger partial charge in [-0.3, -0.25) is 19.2 Å². The summed E-state index contributed by atoms with van der Waals surface area (Å²) in [5.74, 6) is -2.37. The van der Waals surface area contributed by atoms with E-state index in [-0.39, 0.29) is 38.1 Å². The SMILES string of the molecule is CCOC(=O)C1O[C@H](CNC(=O)[C@@H]2O[C@H](CNC(=O)C3O[C@H](CN)[C@@H](O[Si](CC)(CC)CC)[C@H](O[Si](CC)(CC)CC)C3NC(C)=O)[C@@H](O[Si](CC)(CC)CC)[C@H](O[Si](CC)(CC)CC)[C@H]2O[Si](CC)(CC)CC)[C@@H](O[Si](CC)(CC)CC)[C@H](O[Si](CC)(CC)CC)C1NC(C)=O. The van der Waals surface area contributed by atoms with Crippen molar-refractivity contribution < 1.29 is 73.9 Å². The summed E-state index contributed by atoms with van der Waals surface area (Å²) >= 11 is 0. The molecule has 0 aromatic rings. The van der Waals surface area contributed by atoms with Crippen molar-refractivity contribution in [3.63, 3.8) is 0 Å². The van der Waals surface area contributed by atoms with Crippen LogP contribution in [-0.2, 0) is 73.9 Å².